The minimum Gasteiger partial charge on any atom is -0.393 e. The predicted octanol–water partition coefficient (Wildman–Crippen LogP) is 3.94. The van der Waals surface area contributed by atoms with E-state index in [9.17, 15) is 5.11 Å². The first-order valence-electron chi connectivity index (χ1n) is 8.54. The van der Waals surface area contributed by atoms with Gasteiger partial charge >= 0.3 is 0 Å². The fraction of sp³-hybridized carbons (Fsp3) is 0.833. The number of rotatable bonds is 0. The molecule has 0 bridgehead atoms. The fourth-order valence-corrected chi connectivity index (χ4v) is 6.06. The summed E-state index contributed by atoms with van der Waals surface area (Å²) in [6, 6.07) is 0. The third kappa shape index (κ3) is 1.70. The Morgan fingerprint density at radius 3 is 2.90 bits per heavy atom. The van der Waals surface area contributed by atoms with Gasteiger partial charge in [-0.15, -0.1) is 0 Å². The number of allylic oxidation sites excluding steroid dienone is 1. The lowest BCUT2D eigenvalue weighted by atomic mass is 9.53. The molecule has 4 aliphatic carbocycles. The average molecular weight is 273 g/mol. The van der Waals surface area contributed by atoms with Crippen LogP contribution in [0, 0.1) is 34.5 Å². The molecule has 0 unspecified atom stereocenters. The molecule has 0 amide bonds. The molecule has 0 aromatic heterocycles. The number of aliphatic hydroxyl groups is 1. The second kappa shape index (κ2) is 4.43. The largest absolute Gasteiger partial charge is 0.393 e. The lowest BCUT2D eigenvalue weighted by Gasteiger charge is -2.52. The van der Waals surface area contributed by atoms with Crippen molar-refractivity contribution in [2.75, 3.05) is 0 Å². The highest BCUT2D eigenvalue weighted by molar-refractivity contribution is 5.89. The fourth-order valence-electron chi connectivity index (χ4n) is 6.06. The maximum absolute atomic E-state index is 9.90. The van der Waals surface area contributed by atoms with Crippen LogP contribution in [0.3, 0.4) is 0 Å². The summed E-state index contributed by atoms with van der Waals surface area (Å²) in [6.07, 6.45) is 11.6. The summed E-state index contributed by atoms with van der Waals surface area (Å²) < 4.78 is 0. The third-order valence-electron chi connectivity index (χ3n) is 7.20. The van der Waals surface area contributed by atoms with Gasteiger partial charge in [0.2, 0.25) is 0 Å². The summed E-state index contributed by atoms with van der Waals surface area (Å²) in [4.78, 5) is 0. The molecule has 0 radical (unpaired) electrons. The topological polar surface area (TPSA) is 44.1 Å². The lowest BCUT2D eigenvalue weighted by Crippen LogP contribution is -2.46. The van der Waals surface area contributed by atoms with Crippen LogP contribution in [0.5, 0.6) is 0 Å². The highest BCUT2D eigenvalue weighted by Crippen LogP contribution is 2.60. The minimum atomic E-state index is -0.0810. The van der Waals surface area contributed by atoms with Crippen molar-refractivity contribution < 1.29 is 5.11 Å². The molecular formula is C18H27NO. The summed E-state index contributed by atoms with van der Waals surface area (Å²) >= 11 is 0. The van der Waals surface area contributed by atoms with Gasteiger partial charge in [-0.1, -0.05) is 18.6 Å². The van der Waals surface area contributed by atoms with Crippen molar-refractivity contribution in [3.8, 4) is 0 Å². The van der Waals surface area contributed by atoms with E-state index in [4.69, 9.17) is 5.41 Å². The van der Waals surface area contributed by atoms with Crippen LogP contribution >= 0.6 is 0 Å². The van der Waals surface area contributed by atoms with Crippen LogP contribution in [0.2, 0.25) is 0 Å². The van der Waals surface area contributed by atoms with Crippen LogP contribution in [0.1, 0.15) is 58.3 Å². The predicted molar refractivity (Wildman–Crippen MR) is 80.8 cm³/mol. The smallest absolute Gasteiger partial charge is 0.0577 e. The Hall–Kier alpha value is -0.630. The van der Waals surface area contributed by atoms with Crippen molar-refractivity contribution in [2.45, 2.75) is 64.4 Å². The van der Waals surface area contributed by atoms with E-state index in [1.54, 1.807) is 5.57 Å². The van der Waals surface area contributed by atoms with Gasteiger partial charge in [0.05, 0.1) is 6.10 Å². The maximum atomic E-state index is 9.90. The van der Waals surface area contributed by atoms with Crippen molar-refractivity contribution in [3.63, 3.8) is 0 Å². The molecule has 3 saturated carbocycles. The van der Waals surface area contributed by atoms with Crippen molar-refractivity contribution in [1.29, 1.82) is 5.41 Å². The Labute approximate surface area is 122 Å². The molecule has 0 saturated heterocycles. The van der Waals surface area contributed by atoms with E-state index >= 15 is 0 Å². The van der Waals surface area contributed by atoms with Crippen LogP contribution in [-0.2, 0) is 0 Å². The molecule has 6 atom stereocenters. The van der Waals surface area contributed by atoms with E-state index in [1.165, 1.54) is 32.1 Å². The Morgan fingerprint density at radius 2 is 2.05 bits per heavy atom. The number of hydrogen-bond donors (Lipinski definition) is 2. The highest BCUT2D eigenvalue weighted by atomic mass is 16.3. The lowest BCUT2D eigenvalue weighted by molar-refractivity contribution is 0.0222. The Bertz CT molecular complexity index is 468. The molecule has 4 aliphatic rings. The first kappa shape index (κ1) is 13.1. The van der Waals surface area contributed by atoms with E-state index in [0.717, 1.165) is 48.6 Å². The second-order valence-electron chi connectivity index (χ2n) is 7.96. The highest BCUT2D eigenvalue weighted by Gasteiger charge is 2.54. The van der Waals surface area contributed by atoms with Gasteiger partial charge in [0, 0.05) is 11.1 Å². The second-order valence-corrected chi connectivity index (χ2v) is 7.96. The number of hydrogen-bond acceptors (Lipinski definition) is 2. The maximum Gasteiger partial charge on any atom is 0.0577 e. The van der Waals surface area contributed by atoms with Crippen molar-refractivity contribution in [1.82, 2.24) is 0 Å². The van der Waals surface area contributed by atoms with Gasteiger partial charge in [-0.3, -0.25) is 0 Å². The standard InChI is InChI=1S/C18H27NO/c1-18-9-8-14-13-5-3-12(20)10-11(13)2-4-15(14)16(18)6-7-17(18)19/h2,12-16,19-20H,3-10H2,1H3/t12-,13-,14+,15+,16-,18-/m0/s1. The first-order chi connectivity index (χ1) is 9.59. The molecule has 0 aromatic carbocycles. The number of aliphatic hydroxyl groups excluding tert-OH is 1. The summed E-state index contributed by atoms with van der Waals surface area (Å²) in [5.74, 6) is 3.20. The molecule has 4 rings (SSSR count). The number of fused-ring (bicyclic) bond motifs is 5. The molecule has 0 heterocycles. The van der Waals surface area contributed by atoms with Crippen molar-refractivity contribution in [3.05, 3.63) is 11.6 Å². The van der Waals surface area contributed by atoms with Gasteiger partial charge in [-0.2, -0.15) is 0 Å². The molecule has 0 aromatic rings. The van der Waals surface area contributed by atoms with E-state index in [1.807, 2.05) is 0 Å². The number of nitrogens with one attached hydrogen (secondary N) is 1. The Balaban J connectivity index is 1.64. The van der Waals surface area contributed by atoms with E-state index in [0.29, 0.717) is 0 Å². The quantitative estimate of drug-likeness (QED) is 0.645. The van der Waals surface area contributed by atoms with Gasteiger partial charge < -0.3 is 10.5 Å². The monoisotopic (exact) mass is 273 g/mol. The SMILES string of the molecule is C[C@]12CC[C@H]3[C@@H](CC=C4C[C@@H](O)CC[C@@H]43)[C@@H]1CCC2=N. The molecule has 2 heteroatoms. The Kier molecular flexibility index (Phi) is 2.89. The van der Waals surface area contributed by atoms with E-state index in [-0.39, 0.29) is 11.5 Å². The van der Waals surface area contributed by atoms with Crippen LogP contribution in [0.25, 0.3) is 0 Å². The zero-order valence-electron chi connectivity index (χ0n) is 12.6. The molecular weight excluding hydrogens is 246 g/mol. The summed E-state index contributed by atoms with van der Waals surface area (Å²) in [5.41, 5.74) is 2.83. The van der Waals surface area contributed by atoms with Crippen LogP contribution in [0.15, 0.2) is 11.6 Å². The van der Waals surface area contributed by atoms with Crippen molar-refractivity contribution in [2.24, 2.45) is 29.1 Å². The van der Waals surface area contributed by atoms with E-state index in [2.05, 4.69) is 13.0 Å². The van der Waals surface area contributed by atoms with Gasteiger partial charge in [0.1, 0.15) is 0 Å². The van der Waals surface area contributed by atoms with Gasteiger partial charge in [-0.05, 0) is 75.0 Å². The van der Waals surface area contributed by atoms with Crippen LogP contribution < -0.4 is 0 Å². The van der Waals surface area contributed by atoms with Gasteiger partial charge in [0.15, 0.2) is 0 Å². The molecule has 2 nitrogen and oxygen atoms in total. The zero-order valence-corrected chi connectivity index (χ0v) is 12.6. The van der Waals surface area contributed by atoms with Gasteiger partial charge in [0.25, 0.3) is 0 Å². The molecule has 20 heavy (non-hydrogen) atoms. The van der Waals surface area contributed by atoms with Gasteiger partial charge in [-0.25, -0.2) is 0 Å². The normalized spacial score (nSPS) is 51.0. The molecule has 0 aliphatic heterocycles. The summed E-state index contributed by atoms with van der Waals surface area (Å²) in [7, 11) is 0. The summed E-state index contributed by atoms with van der Waals surface area (Å²) in [6.45, 7) is 2.37. The van der Waals surface area contributed by atoms with Crippen molar-refractivity contribution >= 4 is 5.71 Å². The molecule has 2 N–H and O–H groups in total. The third-order valence-corrected chi connectivity index (χ3v) is 7.20. The van der Waals surface area contributed by atoms with E-state index < -0.39 is 0 Å². The molecule has 110 valence electrons. The van der Waals surface area contributed by atoms with Crippen LogP contribution in [-0.4, -0.2) is 16.9 Å². The molecule has 3 fully saturated rings. The average Bonchev–Trinajstić information content (AvgIpc) is 2.74. The first-order valence-corrected chi connectivity index (χ1v) is 8.54. The Morgan fingerprint density at radius 1 is 1.20 bits per heavy atom. The molecule has 0 spiro atoms. The van der Waals surface area contributed by atoms with Crippen LogP contribution in [0.4, 0.5) is 0 Å². The summed E-state index contributed by atoms with van der Waals surface area (Å²) in [5, 5.41) is 18.2. The zero-order chi connectivity index (χ0) is 13.9. The minimum absolute atomic E-state index is 0.0810.